The average molecular weight is 690 g/mol. The van der Waals surface area contributed by atoms with Crippen LogP contribution in [-0.4, -0.2) is 33.9 Å². The Hall–Kier alpha value is -4.98. The normalized spacial score (nSPS) is 12.2. The minimum Gasteiger partial charge on any atom is -0.494 e. The Morgan fingerprint density at radius 2 is 1.76 bits per heavy atom. The summed E-state index contributed by atoms with van der Waals surface area (Å²) in [4.78, 5) is 38.7. The Labute approximate surface area is 278 Å². The molecule has 0 bridgehead atoms. The van der Waals surface area contributed by atoms with Crippen molar-refractivity contribution >= 4 is 5.97 Å². The number of alkyl halides is 3. The summed E-state index contributed by atoms with van der Waals surface area (Å²) in [5, 5.41) is 8.89. The van der Waals surface area contributed by atoms with Gasteiger partial charge in [-0.05, 0) is 49.1 Å². The number of carboxylic acid groups (broad SMARTS) is 1. The van der Waals surface area contributed by atoms with Crippen LogP contribution in [0.25, 0.3) is 11.1 Å². The molecule has 0 aliphatic rings. The van der Waals surface area contributed by atoms with Gasteiger partial charge in [0.05, 0.1) is 31.4 Å². The van der Waals surface area contributed by atoms with Crippen LogP contribution in [-0.2, 0) is 30.5 Å². The van der Waals surface area contributed by atoms with E-state index in [4.69, 9.17) is 20.3 Å². The van der Waals surface area contributed by atoms with Crippen molar-refractivity contribution in [1.29, 1.82) is 0 Å². The Morgan fingerprint density at radius 1 is 1.02 bits per heavy atom. The monoisotopic (exact) mass is 689 g/mol. The standard InChI is InChI=1S/C35H36F5N3O6/c1-3-8-21-14-15-29(48-2)32(37)31(21)24-20-42(19-23-25(35(38,39)40)10-6-11-26(23)36)34(47)43(33(24)46)17-16-27(41)22-9-4-5-12-28(22)49-18-7-13-30(44)45/h4-6,9-12,14-15,20,27H,3,7-8,13,16-19,41H2,1-2H3,(H,44,45)/t27-/m0/s1. The number of benzene rings is 3. The molecule has 0 aliphatic carbocycles. The largest absolute Gasteiger partial charge is 0.494 e. The van der Waals surface area contributed by atoms with Gasteiger partial charge < -0.3 is 20.3 Å². The van der Waals surface area contributed by atoms with Crippen LogP contribution in [0.2, 0.25) is 0 Å². The zero-order valence-corrected chi connectivity index (χ0v) is 26.9. The number of hydrogen-bond donors (Lipinski definition) is 2. The lowest BCUT2D eigenvalue weighted by atomic mass is 9.97. The van der Waals surface area contributed by atoms with Crippen LogP contribution in [0.15, 0.2) is 70.4 Å². The molecule has 14 heteroatoms. The van der Waals surface area contributed by atoms with Gasteiger partial charge in [0.2, 0.25) is 0 Å². The Bertz CT molecular complexity index is 1920. The van der Waals surface area contributed by atoms with Crippen LogP contribution in [0.4, 0.5) is 22.0 Å². The molecule has 3 aromatic carbocycles. The lowest BCUT2D eigenvalue weighted by Gasteiger charge is -2.20. The molecule has 1 aromatic heterocycles. The predicted molar refractivity (Wildman–Crippen MR) is 172 cm³/mol. The quantitative estimate of drug-likeness (QED) is 0.111. The fourth-order valence-electron chi connectivity index (χ4n) is 5.56. The highest BCUT2D eigenvalue weighted by Gasteiger charge is 2.35. The molecule has 4 rings (SSSR count). The maximum atomic E-state index is 15.9. The summed E-state index contributed by atoms with van der Waals surface area (Å²) < 4.78 is 84.9. The Balaban J connectivity index is 1.83. The van der Waals surface area contributed by atoms with E-state index in [9.17, 15) is 31.9 Å². The van der Waals surface area contributed by atoms with Crippen molar-refractivity contribution in [2.75, 3.05) is 13.7 Å². The molecule has 0 radical (unpaired) electrons. The molecular weight excluding hydrogens is 653 g/mol. The zero-order chi connectivity index (χ0) is 35.9. The molecule has 1 atom stereocenters. The number of ether oxygens (including phenoxy) is 2. The summed E-state index contributed by atoms with van der Waals surface area (Å²) in [5.41, 5.74) is 2.70. The molecule has 0 saturated carbocycles. The zero-order valence-electron chi connectivity index (χ0n) is 26.9. The lowest BCUT2D eigenvalue weighted by Crippen LogP contribution is -2.41. The number of aromatic nitrogens is 2. The van der Waals surface area contributed by atoms with E-state index in [0.717, 1.165) is 27.5 Å². The van der Waals surface area contributed by atoms with Gasteiger partial charge in [0.25, 0.3) is 5.56 Å². The van der Waals surface area contributed by atoms with Gasteiger partial charge in [-0.15, -0.1) is 0 Å². The molecule has 3 N–H and O–H groups in total. The van der Waals surface area contributed by atoms with Gasteiger partial charge in [-0.25, -0.2) is 13.6 Å². The molecule has 4 aromatic rings. The maximum Gasteiger partial charge on any atom is 0.416 e. The van der Waals surface area contributed by atoms with Crippen molar-refractivity contribution in [3.05, 3.63) is 116 Å². The van der Waals surface area contributed by atoms with Crippen molar-refractivity contribution in [1.82, 2.24) is 9.13 Å². The number of methoxy groups -OCH3 is 1. The first-order chi connectivity index (χ1) is 23.3. The summed E-state index contributed by atoms with van der Waals surface area (Å²) in [6, 6.07) is 11.2. The second-order valence-electron chi connectivity index (χ2n) is 11.3. The van der Waals surface area contributed by atoms with Crippen LogP contribution in [0.3, 0.4) is 0 Å². The molecule has 0 aliphatic heterocycles. The van der Waals surface area contributed by atoms with Crippen LogP contribution in [0, 0.1) is 11.6 Å². The maximum absolute atomic E-state index is 15.9. The first-order valence-corrected chi connectivity index (χ1v) is 15.5. The summed E-state index contributed by atoms with van der Waals surface area (Å²) in [5.74, 6) is -2.95. The second kappa shape index (κ2) is 15.9. The molecule has 0 fully saturated rings. The first kappa shape index (κ1) is 36.8. The highest BCUT2D eigenvalue weighted by Crippen LogP contribution is 2.35. The van der Waals surface area contributed by atoms with E-state index in [1.165, 1.54) is 13.2 Å². The number of carboxylic acids is 1. The van der Waals surface area contributed by atoms with Crippen molar-refractivity contribution < 1.29 is 41.3 Å². The SMILES string of the molecule is CCCc1ccc(OC)c(F)c1-c1cn(Cc2c(F)cccc2C(F)(F)F)c(=O)n(CC[C@H](N)c2ccccc2OCCCC(=O)O)c1=O. The predicted octanol–water partition coefficient (Wildman–Crippen LogP) is 6.32. The van der Waals surface area contributed by atoms with Crippen molar-refractivity contribution in [2.24, 2.45) is 5.73 Å². The minimum absolute atomic E-state index is 0.0516. The van der Waals surface area contributed by atoms with Gasteiger partial charge in [0.15, 0.2) is 11.6 Å². The molecule has 0 saturated heterocycles. The summed E-state index contributed by atoms with van der Waals surface area (Å²) in [6.45, 7) is 0.654. The first-order valence-electron chi connectivity index (χ1n) is 15.5. The number of carbonyl (C=O) groups is 1. The van der Waals surface area contributed by atoms with Crippen LogP contribution in [0.5, 0.6) is 11.5 Å². The summed E-state index contributed by atoms with van der Waals surface area (Å²) in [7, 11) is 1.23. The van der Waals surface area contributed by atoms with Gasteiger partial charge in [0, 0.05) is 41.9 Å². The number of para-hydroxylation sites is 1. The molecule has 49 heavy (non-hydrogen) atoms. The third kappa shape index (κ3) is 8.55. The smallest absolute Gasteiger partial charge is 0.416 e. The second-order valence-corrected chi connectivity index (χ2v) is 11.3. The number of aliphatic carboxylic acids is 1. The van der Waals surface area contributed by atoms with Gasteiger partial charge in [-0.2, -0.15) is 13.2 Å². The Kier molecular flexibility index (Phi) is 12.0. The molecule has 0 spiro atoms. The highest BCUT2D eigenvalue weighted by atomic mass is 19.4. The highest BCUT2D eigenvalue weighted by molar-refractivity contribution is 5.69. The number of nitrogens with two attached hydrogens (primary N) is 1. The van der Waals surface area contributed by atoms with E-state index >= 15 is 4.39 Å². The van der Waals surface area contributed by atoms with Crippen LogP contribution in [0.1, 0.15) is 60.9 Å². The van der Waals surface area contributed by atoms with Gasteiger partial charge in [-0.1, -0.05) is 43.7 Å². The molecule has 0 amide bonds. The molecule has 1 heterocycles. The van der Waals surface area contributed by atoms with Crippen molar-refractivity contribution in [2.45, 2.75) is 64.3 Å². The van der Waals surface area contributed by atoms with E-state index in [0.29, 0.717) is 35.8 Å². The minimum atomic E-state index is -4.96. The summed E-state index contributed by atoms with van der Waals surface area (Å²) in [6.07, 6.45) is -3.07. The summed E-state index contributed by atoms with van der Waals surface area (Å²) >= 11 is 0. The average Bonchev–Trinajstić information content (AvgIpc) is 3.05. The van der Waals surface area contributed by atoms with E-state index in [2.05, 4.69) is 0 Å². The van der Waals surface area contributed by atoms with Gasteiger partial charge in [0.1, 0.15) is 11.6 Å². The molecule has 262 valence electrons. The van der Waals surface area contributed by atoms with Crippen molar-refractivity contribution in [3.63, 3.8) is 0 Å². The van der Waals surface area contributed by atoms with Crippen LogP contribution >= 0.6 is 0 Å². The number of rotatable bonds is 15. The number of halogens is 5. The molecule has 0 unspecified atom stereocenters. The fourth-order valence-corrected chi connectivity index (χ4v) is 5.56. The van der Waals surface area contributed by atoms with E-state index in [1.807, 2.05) is 6.92 Å². The van der Waals surface area contributed by atoms with E-state index < -0.39 is 58.7 Å². The van der Waals surface area contributed by atoms with Crippen molar-refractivity contribution in [3.8, 4) is 22.6 Å². The van der Waals surface area contributed by atoms with Gasteiger partial charge in [-0.3, -0.25) is 18.7 Å². The van der Waals surface area contributed by atoms with Crippen LogP contribution < -0.4 is 26.5 Å². The third-order valence-corrected chi connectivity index (χ3v) is 7.97. The third-order valence-electron chi connectivity index (χ3n) is 7.97. The molecular formula is C35H36F5N3O6. The Morgan fingerprint density at radius 3 is 2.43 bits per heavy atom. The van der Waals surface area contributed by atoms with E-state index in [1.54, 1.807) is 30.3 Å². The van der Waals surface area contributed by atoms with E-state index in [-0.39, 0.29) is 49.3 Å². The topological polar surface area (TPSA) is 126 Å². The number of aryl methyl sites for hydroxylation is 1. The number of hydrogen-bond acceptors (Lipinski definition) is 6. The fraction of sp³-hybridized carbons (Fsp3) is 0.343. The molecule has 9 nitrogen and oxygen atoms in total. The number of nitrogens with zero attached hydrogens (tertiary/aromatic N) is 2. The lowest BCUT2D eigenvalue weighted by molar-refractivity contribution is -0.139. The van der Waals surface area contributed by atoms with Gasteiger partial charge >= 0.3 is 17.8 Å².